The molecule has 0 amide bonds. The van der Waals surface area contributed by atoms with E-state index in [-0.39, 0.29) is 19.2 Å². The summed E-state index contributed by atoms with van der Waals surface area (Å²) in [5, 5.41) is 11.9. The molecule has 9 heteroatoms. The average Bonchev–Trinajstić information content (AvgIpc) is 2.49. The lowest BCUT2D eigenvalue weighted by atomic mass is 9.96. The molecule has 2 N–H and O–H groups in total. The van der Waals surface area contributed by atoms with Crippen molar-refractivity contribution in [3.8, 4) is 0 Å². The molecule has 0 spiro atoms. The van der Waals surface area contributed by atoms with Crippen molar-refractivity contribution in [2.45, 2.75) is 18.1 Å². The predicted octanol–water partition coefficient (Wildman–Crippen LogP) is 2.42. The molecule has 1 aliphatic rings. The minimum Gasteiger partial charge on any atom is -0.390 e. The lowest BCUT2D eigenvalue weighted by Crippen LogP contribution is -2.51. The van der Waals surface area contributed by atoms with E-state index in [2.05, 4.69) is 5.32 Å². The number of nitrogens with one attached hydrogen (secondary N) is 1. The molecule has 0 saturated carbocycles. The summed E-state index contributed by atoms with van der Waals surface area (Å²) in [6, 6.07) is -0.329. The molecule has 0 aromatic heterocycles. The minimum atomic E-state index is -4.76. The molecule has 1 aromatic carbocycles. The molecule has 3 nitrogen and oxygen atoms in total. The van der Waals surface area contributed by atoms with Crippen molar-refractivity contribution in [2.75, 3.05) is 32.8 Å². The van der Waals surface area contributed by atoms with Crippen molar-refractivity contribution in [2.24, 2.45) is 0 Å². The van der Waals surface area contributed by atoms with Crippen molar-refractivity contribution in [1.82, 2.24) is 10.2 Å². The Hall–Kier alpha value is -1.32. The van der Waals surface area contributed by atoms with Crippen LogP contribution in [-0.2, 0) is 6.18 Å². The summed E-state index contributed by atoms with van der Waals surface area (Å²) in [5.41, 5.74) is -1.80. The average molecular weight is 342 g/mol. The summed E-state index contributed by atoms with van der Waals surface area (Å²) in [5.74, 6) is -5.05. The second-order valence-corrected chi connectivity index (χ2v) is 5.34. The first kappa shape index (κ1) is 18.0. The second kappa shape index (κ2) is 6.66. The van der Waals surface area contributed by atoms with Crippen molar-refractivity contribution < 1.29 is 31.4 Å². The highest BCUT2D eigenvalue weighted by atomic mass is 19.4. The lowest BCUT2D eigenvalue weighted by molar-refractivity contribution is -0.137. The normalized spacial score (nSPS) is 18.9. The maximum atomic E-state index is 14.1. The Morgan fingerprint density at radius 3 is 2.22 bits per heavy atom. The molecule has 1 aliphatic heterocycles. The quantitative estimate of drug-likeness (QED) is 0.825. The zero-order valence-corrected chi connectivity index (χ0v) is 12.0. The van der Waals surface area contributed by atoms with Gasteiger partial charge in [-0.3, -0.25) is 4.90 Å². The molecule has 1 saturated heterocycles. The zero-order valence-electron chi connectivity index (χ0n) is 12.0. The SMILES string of the molecule is OCC(F)(F)[C@@H](c1ccc(C(F)(F)F)cc1F)N1CCNCC1. The number of hydrogen-bond donors (Lipinski definition) is 2. The molecule has 0 radical (unpaired) electrons. The van der Waals surface area contributed by atoms with E-state index in [0.717, 1.165) is 0 Å². The fraction of sp³-hybridized carbons (Fsp3) is 0.571. The second-order valence-electron chi connectivity index (χ2n) is 5.34. The van der Waals surface area contributed by atoms with Crippen molar-refractivity contribution in [1.29, 1.82) is 0 Å². The van der Waals surface area contributed by atoms with Gasteiger partial charge in [-0.05, 0) is 12.1 Å². The highest BCUT2D eigenvalue weighted by Gasteiger charge is 2.45. The number of piperazine rings is 1. The predicted molar refractivity (Wildman–Crippen MR) is 70.6 cm³/mol. The van der Waals surface area contributed by atoms with Gasteiger partial charge >= 0.3 is 6.18 Å². The van der Waals surface area contributed by atoms with E-state index in [1.807, 2.05) is 0 Å². The number of halogens is 6. The molecule has 130 valence electrons. The van der Waals surface area contributed by atoms with Gasteiger partial charge in [0.15, 0.2) is 0 Å². The molecule has 1 aromatic rings. The number of benzene rings is 1. The van der Waals surface area contributed by atoms with Gasteiger partial charge in [0.1, 0.15) is 18.5 Å². The first-order valence-corrected chi connectivity index (χ1v) is 6.97. The summed E-state index contributed by atoms with van der Waals surface area (Å²) in [4.78, 5) is 1.26. The van der Waals surface area contributed by atoms with Crippen LogP contribution < -0.4 is 5.32 Å². The van der Waals surface area contributed by atoms with Crippen LogP contribution in [-0.4, -0.2) is 48.7 Å². The van der Waals surface area contributed by atoms with Crippen molar-refractivity contribution in [3.05, 3.63) is 35.1 Å². The van der Waals surface area contributed by atoms with Crippen LogP contribution in [0.5, 0.6) is 0 Å². The monoisotopic (exact) mass is 342 g/mol. The van der Waals surface area contributed by atoms with Gasteiger partial charge in [-0.15, -0.1) is 0 Å². The number of hydrogen-bond acceptors (Lipinski definition) is 3. The van der Waals surface area contributed by atoms with Crippen molar-refractivity contribution in [3.63, 3.8) is 0 Å². The van der Waals surface area contributed by atoms with E-state index in [9.17, 15) is 26.3 Å². The van der Waals surface area contributed by atoms with E-state index in [1.54, 1.807) is 0 Å². The molecule has 2 rings (SSSR count). The van der Waals surface area contributed by atoms with Gasteiger partial charge in [-0.25, -0.2) is 13.2 Å². The lowest BCUT2D eigenvalue weighted by Gasteiger charge is -2.38. The Labute approximate surface area is 128 Å². The van der Waals surface area contributed by atoms with Crippen LogP contribution in [0.1, 0.15) is 17.2 Å². The fourth-order valence-corrected chi connectivity index (χ4v) is 2.64. The Morgan fingerprint density at radius 1 is 1.13 bits per heavy atom. The first-order valence-electron chi connectivity index (χ1n) is 6.97. The topological polar surface area (TPSA) is 35.5 Å². The number of aliphatic hydroxyl groups is 1. The van der Waals surface area contributed by atoms with Gasteiger partial charge in [-0.2, -0.15) is 13.2 Å². The number of alkyl halides is 5. The summed E-state index contributed by atoms with van der Waals surface area (Å²) in [7, 11) is 0. The van der Waals surface area contributed by atoms with E-state index < -0.39 is 41.7 Å². The van der Waals surface area contributed by atoms with Crippen LogP contribution in [0.15, 0.2) is 18.2 Å². The van der Waals surface area contributed by atoms with Gasteiger partial charge in [0.25, 0.3) is 5.92 Å². The molecule has 0 unspecified atom stereocenters. The third-order valence-electron chi connectivity index (χ3n) is 3.75. The molecular formula is C14H16F6N2O. The Morgan fingerprint density at radius 2 is 1.74 bits per heavy atom. The van der Waals surface area contributed by atoms with Crippen LogP contribution in [0.3, 0.4) is 0 Å². The third-order valence-corrected chi connectivity index (χ3v) is 3.75. The van der Waals surface area contributed by atoms with Gasteiger partial charge in [0.05, 0.1) is 5.56 Å². The molecule has 1 fully saturated rings. The molecule has 23 heavy (non-hydrogen) atoms. The molecular weight excluding hydrogens is 326 g/mol. The molecule has 0 aliphatic carbocycles. The number of nitrogens with zero attached hydrogens (tertiary/aromatic N) is 1. The van der Waals surface area contributed by atoms with E-state index >= 15 is 0 Å². The molecule has 0 bridgehead atoms. The fourth-order valence-electron chi connectivity index (χ4n) is 2.64. The van der Waals surface area contributed by atoms with Crippen LogP contribution in [0.2, 0.25) is 0 Å². The van der Waals surface area contributed by atoms with E-state index in [4.69, 9.17) is 5.11 Å². The largest absolute Gasteiger partial charge is 0.416 e. The summed E-state index contributed by atoms with van der Waals surface area (Å²) >= 11 is 0. The van der Waals surface area contributed by atoms with Crippen LogP contribution in [0.4, 0.5) is 26.3 Å². The van der Waals surface area contributed by atoms with Crippen LogP contribution >= 0.6 is 0 Å². The maximum Gasteiger partial charge on any atom is 0.416 e. The highest BCUT2D eigenvalue weighted by molar-refractivity contribution is 5.30. The van der Waals surface area contributed by atoms with E-state index in [0.29, 0.717) is 25.2 Å². The Kier molecular flexibility index (Phi) is 5.22. The summed E-state index contributed by atoms with van der Waals surface area (Å²) in [6.07, 6.45) is -4.76. The van der Waals surface area contributed by atoms with Crippen LogP contribution in [0, 0.1) is 5.82 Å². The zero-order chi connectivity index (χ0) is 17.3. The Bertz CT molecular complexity index is 543. The van der Waals surface area contributed by atoms with E-state index in [1.165, 1.54) is 4.90 Å². The van der Waals surface area contributed by atoms with Crippen LogP contribution in [0.25, 0.3) is 0 Å². The maximum absolute atomic E-state index is 14.1. The first-order chi connectivity index (χ1) is 10.7. The molecule has 1 atom stereocenters. The van der Waals surface area contributed by atoms with Gasteiger partial charge in [0, 0.05) is 31.7 Å². The molecule has 1 heterocycles. The van der Waals surface area contributed by atoms with Gasteiger partial charge < -0.3 is 10.4 Å². The summed E-state index contributed by atoms with van der Waals surface area (Å²) in [6.45, 7) is -0.413. The number of aliphatic hydroxyl groups excluding tert-OH is 1. The highest BCUT2D eigenvalue weighted by Crippen LogP contribution is 2.39. The smallest absolute Gasteiger partial charge is 0.390 e. The standard InChI is InChI=1S/C14H16F6N2O/c15-11-7-9(14(18,19)20)1-2-10(11)12(13(16,17)8-23)22-5-3-21-4-6-22/h1-2,7,12,21,23H,3-6,8H2/t12-/m1/s1. The summed E-state index contributed by atoms with van der Waals surface area (Å²) < 4.78 is 80.0. The van der Waals surface area contributed by atoms with Gasteiger partial charge in [-0.1, -0.05) is 6.07 Å². The minimum absolute atomic E-state index is 0.167. The number of rotatable bonds is 4. The Balaban J connectivity index is 2.43. The third kappa shape index (κ3) is 3.96. The van der Waals surface area contributed by atoms with Crippen molar-refractivity contribution >= 4 is 0 Å². The van der Waals surface area contributed by atoms with Gasteiger partial charge in [0.2, 0.25) is 0 Å².